The summed E-state index contributed by atoms with van der Waals surface area (Å²) in [5.41, 5.74) is 5.70. The summed E-state index contributed by atoms with van der Waals surface area (Å²) in [6.07, 6.45) is 11.2. The van der Waals surface area contributed by atoms with Crippen LogP contribution in [0.4, 0.5) is 0 Å². The number of carbonyl (C=O) groups is 1. The molecule has 5 rings (SSSR count). The van der Waals surface area contributed by atoms with Gasteiger partial charge in [0.2, 0.25) is 0 Å². The summed E-state index contributed by atoms with van der Waals surface area (Å²) in [6, 6.07) is 9.95. The van der Waals surface area contributed by atoms with Crippen molar-refractivity contribution < 1.29 is 4.79 Å². The number of amides is 1. The van der Waals surface area contributed by atoms with E-state index < -0.39 is 0 Å². The Bertz CT molecular complexity index is 1060. The van der Waals surface area contributed by atoms with Gasteiger partial charge in [0.05, 0.1) is 5.69 Å². The van der Waals surface area contributed by atoms with Gasteiger partial charge in [-0.15, -0.1) is 0 Å². The second-order valence-electron chi connectivity index (χ2n) is 7.73. The molecule has 0 spiro atoms. The molecule has 0 unspecified atom stereocenters. The molecule has 28 heavy (non-hydrogen) atoms. The van der Waals surface area contributed by atoms with Crippen molar-refractivity contribution in [3.63, 3.8) is 0 Å². The van der Waals surface area contributed by atoms with Crippen LogP contribution in [0.5, 0.6) is 0 Å². The first-order valence-electron chi connectivity index (χ1n) is 10.2. The van der Waals surface area contributed by atoms with Crippen molar-refractivity contribution in [2.45, 2.75) is 38.5 Å². The number of H-pyrrole nitrogens is 1. The van der Waals surface area contributed by atoms with Crippen LogP contribution in [0.1, 0.15) is 54.7 Å². The number of nitrogens with one attached hydrogen (secondary N) is 1. The topological polar surface area (TPSA) is 61.9 Å². The van der Waals surface area contributed by atoms with Crippen LogP contribution in [0.2, 0.25) is 0 Å². The van der Waals surface area contributed by atoms with Crippen molar-refractivity contribution in [3.8, 4) is 11.3 Å². The standard InChI is InChI=1S/C23H24N4O/c28-23(27-11-4-5-12-27)20-10-6-9-19(25-20)18-13-17-14-21(26-22(17)24-15-18)16-7-2-1-3-8-16/h6-7,9-10,13-15H,1-5,8,11-12H2,(H,24,26). The van der Waals surface area contributed by atoms with Crippen LogP contribution in [0.15, 0.2) is 42.6 Å². The smallest absolute Gasteiger partial charge is 0.272 e. The van der Waals surface area contributed by atoms with Gasteiger partial charge in [0.1, 0.15) is 11.3 Å². The van der Waals surface area contributed by atoms with Crippen LogP contribution in [0.25, 0.3) is 27.9 Å². The molecule has 0 aromatic carbocycles. The van der Waals surface area contributed by atoms with Gasteiger partial charge in [0, 0.05) is 35.9 Å². The zero-order chi connectivity index (χ0) is 18.9. The maximum atomic E-state index is 12.7. The monoisotopic (exact) mass is 372 g/mol. The third-order valence-corrected chi connectivity index (χ3v) is 5.76. The van der Waals surface area contributed by atoms with Crippen LogP contribution in [0, 0.1) is 0 Å². The molecule has 1 N–H and O–H groups in total. The summed E-state index contributed by atoms with van der Waals surface area (Å²) in [4.78, 5) is 27.2. The number of nitrogens with zero attached hydrogens (tertiary/aromatic N) is 3. The maximum absolute atomic E-state index is 12.7. The lowest BCUT2D eigenvalue weighted by atomic mass is 9.97. The summed E-state index contributed by atoms with van der Waals surface area (Å²) in [7, 11) is 0. The molecule has 5 heteroatoms. The van der Waals surface area contributed by atoms with E-state index in [1.165, 1.54) is 24.1 Å². The quantitative estimate of drug-likeness (QED) is 0.717. The number of aromatic nitrogens is 3. The fraction of sp³-hybridized carbons (Fsp3) is 0.348. The second-order valence-corrected chi connectivity index (χ2v) is 7.73. The molecule has 3 aromatic rings. The van der Waals surface area contributed by atoms with Gasteiger partial charge in [0.25, 0.3) is 5.91 Å². The minimum absolute atomic E-state index is 0.0292. The van der Waals surface area contributed by atoms with E-state index in [1.54, 1.807) is 6.07 Å². The molecule has 5 nitrogen and oxygen atoms in total. The number of carbonyl (C=O) groups excluding carboxylic acids is 1. The van der Waals surface area contributed by atoms with Crippen molar-refractivity contribution in [3.05, 3.63) is 54.0 Å². The predicted octanol–water partition coefficient (Wildman–Crippen LogP) is 4.82. The van der Waals surface area contributed by atoms with Gasteiger partial charge < -0.3 is 9.88 Å². The SMILES string of the molecule is O=C(c1cccc(-c2cnc3[nH]c(C4=CCCCC4)cc3c2)n1)N1CCCC1. The summed E-state index contributed by atoms with van der Waals surface area (Å²) in [5.74, 6) is 0.0292. The average molecular weight is 372 g/mol. The van der Waals surface area contributed by atoms with Crippen molar-refractivity contribution in [2.75, 3.05) is 13.1 Å². The highest BCUT2D eigenvalue weighted by Gasteiger charge is 2.21. The molecule has 4 heterocycles. The van der Waals surface area contributed by atoms with Crippen molar-refractivity contribution in [2.24, 2.45) is 0 Å². The first kappa shape index (κ1) is 17.2. The molecule has 1 aliphatic heterocycles. The molecule has 1 saturated heterocycles. The van der Waals surface area contributed by atoms with Gasteiger partial charge in [-0.2, -0.15) is 0 Å². The molecule has 1 aliphatic carbocycles. The Balaban J connectivity index is 1.46. The number of aromatic amines is 1. The third kappa shape index (κ3) is 3.21. The van der Waals surface area contributed by atoms with Crippen molar-refractivity contribution in [1.82, 2.24) is 19.9 Å². The first-order valence-corrected chi connectivity index (χ1v) is 10.2. The van der Waals surface area contributed by atoms with E-state index in [1.807, 2.05) is 23.2 Å². The highest BCUT2D eigenvalue weighted by molar-refractivity contribution is 5.93. The number of pyridine rings is 2. The summed E-state index contributed by atoms with van der Waals surface area (Å²) < 4.78 is 0. The minimum atomic E-state index is 0.0292. The fourth-order valence-electron chi connectivity index (χ4n) is 4.21. The summed E-state index contributed by atoms with van der Waals surface area (Å²) in [6.45, 7) is 1.67. The summed E-state index contributed by atoms with van der Waals surface area (Å²) >= 11 is 0. The van der Waals surface area contributed by atoms with E-state index in [0.29, 0.717) is 5.69 Å². The van der Waals surface area contributed by atoms with E-state index in [-0.39, 0.29) is 5.91 Å². The number of hydrogen-bond donors (Lipinski definition) is 1. The summed E-state index contributed by atoms with van der Waals surface area (Å²) in [5, 5.41) is 1.08. The maximum Gasteiger partial charge on any atom is 0.272 e. The van der Waals surface area contributed by atoms with Crippen LogP contribution in [0.3, 0.4) is 0 Å². The van der Waals surface area contributed by atoms with Gasteiger partial charge in [0.15, 0.2) is 0 Å². The van der Waals surface area contributed by atoms with Gasteiger partial charge in [-0.05, 0) is 68.4 Å². The van der Waals surface area contributed by atoms with Gasteiger partial charge in [-0.25, -0.2) is 9.97 Å². The molecule has 2 aliphatic rings. The fourth-order valence-corrected chi connectivity index (χ4v) is 4.21. The van der Waals surface area contributed by atoms with Crippen molar-refractivity contribution >= 4 is 22.5 Å². The van der Waals surface area contributed by atoms with E-state index in [4.69, 9.17) is 0 Å². The largest absolute Gasteiger partial charge is 0.340 e. The third-order valence-electron chi connectivity index (χ3n) is 5.76. The second kappa shape index (κ2) is 7.23. The van der Waals surface area contributed by atoms with Crippen LogP contribution in [-0.4, -0.2) is 38.8 Å². The first-order chi connectivity index (χ1) is 13.8. The lowest BCUT2D eigenvalue weighted by molar-refractivity contribution is 0.0787. The van der Waals surface area contributed by atoms with E-state index >= 15 is 0 Å². The molecule has 0 radical (unpaired) electrons. The Morgan fingerprint density at radius 1 is 1.07 bits per heavy atom. The zero-order valence-electron chi connectivity index (χ0n) is 15.9. The highest BCUT2D eigenvalue weighted by atomic mass is 16.2. The van der Waals surface area contributed by atoms with E-state index in [2.05, 4.69) is 33.2 Å². The van der Waals surface area contributed by atoms with E-state index in [9.17, 15) is 4.79 Å². The number of fused-ring (bicyclic) bond motifs is 1. The minimum Gasteiger partial charge on any atom is -0.340 e. The van der Waals surface area contributed by atoms with Crippen molar-refractivity contribution in [1.29, 1.82) is 0 Å². The molecule has 142 valence electrons. The predicted molar refractivity (Wildman–Crippen MR) is 111 cm³/mol. The Kier molecular flexibility index (Phi) is 4.43. The molecule has 0 saturated carbocycles. The average Bonchev–Trinajstić information content (AvgIpc) is 3.43. The normalized spacial score (nSPS) is 17.1. The number of hydrogen-bond acceptors (Lipinski definition) is 3. The molecule has 0 bridgehead atoms. The van der Waals surface area contributed by atoms with Crippen LogP contribution >= 0.6 is 0 Å². The molecule has 3 aromatic heterocycles. The molecule has 1 amide bonds. The number of rotatable bonds is 3. The number of likely N-dealkylation sites (tertiary alicyclic amines) is 1. The van der Waals surface area contributed by atoms with Gasteiger partial charge in [-0.1, -0.05) is 12.1 Å². The van der Waals surface area contributed by atoms with E-state index in [0.717, 1.165) is 61.1 Å². The zero-order valence-corrected chi connectivity index (χ0v) is 15.9. The molecular formula is C23H24N4O. The molecule has 0 atom stereocenters. The van der Waals surface area contributed by atoms with Crippen LogP contribution in [-0.2, 0) is 0 Å². The Labute approximate surface area is 164 Å². The Morgan fingerprint density at radius 3 is 2.79 bits per heavy atom. The molecular weight excluding hydrogens is 348 g/mol. The van der Waals surface area contributed by atoms with Crippen LogP contribution < -0.4 is 0 Å². The highest BCUT2D eigenvalue weighted by Crippen LogP contribution is 2.29. The Morgan fingerprint density at radius 2 is 1.96 bits per heavy atom. The lowest BCUT2D eigenvalue weighted by Crippen LogP contribution is -2.28. The number of allylic oxidation sites excluding steroid dienone is 2. The lowest BCUT2D eigenvalue weighted by Gasteiger charge is -2.14. The Hall–Kier alpha value is -2.95. The van der Waals surface area contributed by atoms with Gasteiger partial charge in [-0.3, -0.25) is 4.79 Å². The van der Waals surface area contributed by atoms with Gasteiger partial charge >= 0.3 is 0 Å². The molecule has 1 fully saturated rings.